The van der Waals surface area contributed by atoms with Crippen LogP contribution in [0.4, 0.5) is 0 Å². The summed E-state index contributed by atoms with van der Waals surface area (Å²) in [6.07, 6.45) is 8.72. The van der Waals surface area contributed by atoms with Crippen LogP contribution < -0.4 is 0 Å². The first-order valence-corrected chi connectivity index (χ1v) is 9.09. The van der Waals surface area contributed by atoms with Crippen molar-refractivity contribution in [2.24, 2.45) is 5.92 Å². The van der Waals surface area contributed by atoms with Crippen LogP contribution in [0.15, 0.2) is 23.3 Å². The molecule has 0 radical (unpaired) electrons. The molecule has 0 N–H and O–H groups in total. The van der Waals surface area contributed by atoms with Crippen molar-refractivity contribution in [1.29, 1.82) is 0 Å². The van der Waals surface area contributed by atoms with Crippen molar-refractivity contribution in [1.82, 2.24) is 0 Å². The summed E-state index contributed by atoms with van der Waals surface area (Å²) in [6, 6.07) is 0. The minimum absolute atomic E-state index is 0.811. The highest BCUT2D eigenvalue weighted by Crippen LogP contribution is 2.26. The molecule has 0 aromatic rings. The third kappa shape index (κ3) is 6.61. The number of rotatable bonds is 8. The summed E-state index contributed by atoms with van der Waals surface area (Å²) in [7, 11) is 0. The van der Waals surface area contributed by atoms with Crippen molar-refractivity contribution in [3.8, 4) is 0 Å². The fourth-order valence-electron chi connectivity index (χ4n) is 1.81. The van der Waals surface area contributed by atoms with E-state index in [1.165, 1.54) is 42.3 Å². The van der Waals surface area contributed by atoms with E-state index >= 15 is 0 Å². The third-order valence-corrected chi connectivity index (χ3v) is 5.30. The van der Waals surface area contributed by atoms with Crippen LogP contribution >= 0.6 is 23.5 Å². The maximum atomic E-state index is 2.47. The average molecular weight is 271 g/mol. The second kappa shape index (κ2) is 9.16. The molecule has 17 heavy (non-hydrogen) atoms. The van der Waals surface area contributed by atoms with Gasteiger partial charge in [-0.05, 0) is 47.8 Å². The van der Waals surface area contributed by atoms with Gasteiger partial charge in [-0.25, -0.2) is 0 Å². The van der Waals surface area contributed by atoms with Gasteiger partial charge >= 0.3 is 0 Å². The molecule has 2 heteroatoms. The van der Waals surface area contributed by atoms with Crippen LogP contribution in [0.25, 0.3) is 0 Å². The highest BCUT2D eigenvalue weighted by molar-refractivity contribution is 7.99. The molecule has 0 aromatic carbocycles. The largest absolute Gasteiger partial charge is 0.157 e. The van der Waals surface area contributed by atoms with Crippen molar-refractivity contribution in [2.45, 2.75) is 40.0 Å². The van der Waals surface area contributed by atoms with E-state index in [1.807, 2.05) is 0 Å². The molecule has 1 aliphatic carbocycles. The van der Waals surface area contributed by atoms with E-state index in [0.29, 0.717) is 0 Å². The van der Waals surface area contributed by atoms with Gasteiger partial charge in [-0.1, -0.05) is 32.9 Å². The van der Waals surface area contributed by atoms with E-state index in [1.54, 1.807) is 11.1 Å². The summed E-state index contributed by atoms with van der Waals surface area (Å²) < 4.78 is 0. The molecule has 98 valence electrons. The smallest absolute Gasteiger partial charge is 0.0184 e. The molecule has 0 fully saturated rings. The zero-order valence-electron chi connectivity index (χ0n) is 11.5. The Morgan fingerprint density at radius 3 is 2.18 bits per heavy atom. The Kier molecular flexibility index (Phi) is 8.21. The zero-order valence-corrected chi connectivity index (χ0v) is 13.1. The van der Waals surface area contributed by atoms with Gasteiger partial charge in [0.1, 0.15) is 0 Å². The summed E-state index contributed by atoms with van der Waals surface area (Å²) in [4.78, 5) is 0. The van der Waals surface area contributed by atoms with Crippen molar-refractivity contribution in [3.05, 3.63) is 23.3 Å². The molecule has 0 unspecified atom stereocenters. The number of allylic oxidation sites excluding steroid dienone is 2. The molecule has 0 saturated heterocycles. The molecule has 0 bridgehead atoms. The quantitative estimate of drug-likeness (QED) is 0.558. The molecule has 0 nitrogen and oxygen atoms in total. The Morgan fingerprint density at radius 1 is 1.06 bits per heavy atom. The van der Waals surface area contributed by atoms with Crippen LogP contribution in [0.5, 0.6) is 0 Å². The van der Waals surface area contributed by atoms with Gasteiger partial charge < -0.3 is 0 Å². The van der Waals surface area contributed by atoms with Crippen LogP contribution in [-0.4, -0.2) is 23.0 Å². The van der Waals surface area contributed by atoms with Crippen LogP contribution in [0.1, 0.15) is 40.0 Å². The van der Waals surface area contributed by atoms with Gasteiger partial charge in [0.2, 0.25) is 0 Å². The molecule has 1 rings (SSSR count). The summed E-state index contributed by atoms with van der Waals surface area (Å²) in [5.41, 5.74) is 3.23. The van der Waals surface area contributed by atoms with Gasteiger partial charge in [0.05, 0.1) is 0 Å². The first-order valence-electron chi connectivity index (χ1n) is 6.78. The lowest BCUT2D eigenvalue weighted by molar-refractivity contribution is 0.750. The molecule has 0 amide bonds. The molecule has 1 aliphatic rings. The van der Waals surface area contributed by atoms with Gasteiger partial charge in [-0.2, -0.15) is 23.5 Å². The molecule has 0 spiro atoms. The van der Waals surface area contributed by atoms with Crippen molar-refractivity contribution < 1.29 is 0 Å². The Labute approximate surface area is 116 Å². The first-order chi connectivity index (χ1) is 8.24. The first kappa shape index (κ1) is 15.2. The van der Waals surface area contributed by atoms with Gasteiger partial charge in [0, 0.05) is 11.5 Å². The summed E-state index contributed by atoms with van der Waals surface area (Å²) in [5.74, 6) is 5.83. The van der Waals surface area contributed by atoms with Crippen molar-refractivity contribution >= 4 is 23.5 Å². The van der Waals surface area contributed by atoms with Crippen molar-refractivity contribution in [3.63, 3.8) is 0 Å². The van der Waals surface area contributed by atoms with Gasteiger partial charge in [-0.3, -0.25) is 0 Å². The molecule has 0 atom stereocenters. The Balaban J connectivity index is 2.34. The molecule has 0 saturated carbocycles. The number of hydrogen-bond acceptors (Lipinski definition) is 2. The average Bonchev–Trinajstić information content (AvgIpc) is 2.31. The Bertz CT molecular complexity index is 264. The lowest BCUT2D eigenvalue weighted by Gasteiger charge is -2.16. The predicted molar refractivity (Wildman–Crippen MR) is 85.2 cm³/mol. The number of thioether (sulfide) groups is 2. The predicted octanol–water partition coefficient (Wildman–Crippen LogP) is 5.17. The second-order valence-corrected chi connectivity index (χ2v) is 7.13. The van der Waals surface area contributed by atoms with Gasteiger partial charge in [0.15, 0.2) is 0 Å². The molecular weight excluding hydrogens is 244 g/mol. The van der Waals surface area contributed by atoms with Crippen LogP contribution in [0.2, 0.25) is 0 Å². The lowest BCUT2D eigenvalue weighted by Crippen LogP contribution is -2.03. The second-order valence-electron chi connectivity index (χ2n) is 5.00. The fourth-order valence-corrected chi connectivity index (χ4v) is 3.88. The van der Waals surface area contributed by atoms with Crippen molar-refractivity contribution in [2.75, 3.05) is 23.0 Å². The van der Waals surface area contributed by atoms with E-state index in [0.717, 1.165) is 5.92 Å². The SMILES string of the molecule is CCCSCC1=CCCC=C1CSCC(C)C. The monoisotopic (exact) mass is 270 g/mol. The fraction of sp³-hybridized carbons (Fsp3) is 0.733. The molecule has 0 aromatic heterocycles. The highest BCUT2D eigenvalue weighted by atomic mass is 32.2. The minimum atomic E-state index is 0.811. The maximum Gasteiger partial charge on any atom is 0.0184 e. The zero-order chi connectivity index (χ0) is 12.5. The lowest BCUT2D eigenvalue weighted by atomic mass is 10.0. The summed E-state index contributed by atoms with van der Waals surface area (Å²) in [6.45, 7) is 6.86. The standard InChI is InChI=1S/C15H26S2/c1-4-9-16-11-14-7-5-6-8-15(14)12-17-10-13(2)3/h7-8,13H,4-6,9-12H2,1-3H3. The van der Waals surface area contributed by atoms with E-state index < -0.39 is 0 Å². The van der Waals surface area contributed by atoms with E-state index in [9.17, 15) is 0 Å². The maximum absolute atomic E-state index is 2.47. The Hall–Kier alpha value is 0.180. The molecule has 0 heterocycles. The molecular formula is C15H26S2. The molecule has 0 aliphatic heterocycles. The van der Waals surface area contributed by atoms with Crippen LogP contribution in [0, 0.1) is 5.92 Å². The van der Waals surface area contributed by atoms with Crippen LogP contribution in [0.3, 0.4) is 0 Å². The minimum Gasteiger partial charge on any atom is -0.157 e. The van der Waals surface area contributed by atoms with Crippen LogP contribution in [-0.2, 0) is 0 Å². The third-order valence-electron chi connectivity index (χ3n) is 2.68. The normalized spacial score (nSPS) is 16.0. The topological polar surface area (TPSA) is 0 Å². The summed E-state index contributed by atoms with van der Waals surface area (Å²) >= 11 is 4.18. The highest BCUT2D eigenvalue weighted by Gasteiger charge is 2.09. The summed E-state index contributed by atoms with van der Waals surface area (Å²) in [5, 5.41) is 0. The van der Waals surface area contributed by atoms with E-state index in [2.05, 4.69) is 56.4 Å². The van der Waals surface area contributed by atoms with E-state index in [-0.39, 0.29) is 0 Å². The Morgan fingerprint density at radius 2 is 1.65 bits per heavy atom. The number of hydrogen-bond donors (Lipinski definition) is 0. The van der Waals surface area contributed by atoms with Gasteiger partial charge in [-0.15, -0.1) is 0 Å². The van der Waals surface area contributed by atoms with Gasteiger partial charge in [0.25, 0.3) is 0 Å². The van der Waals surface area contributed by atoms with E-state index in [4.69, 9.17) is 0 Å².